The van der Waals surface area contributed by atoms with Gasteiger partial charge in [-0.3, -0.25) is 4.79 Å². The third-order valence-corrected chi connectivity index (χ3v) is 5.20. The quantitative estimate of drug-likeness (QED) is 0.418. The summed E-state index contributed by atoms with van der Waals surface area (Å²) in [5, 5.41) is 9.45. The third kappa shape index (κ3) is 4.81. The van der Waals surface area contributed by atoms with Gasteiger partial charge in [0.25, 0.3) is 0 Å². The van der Waals surface area contributed by atoms with E-state index in [1.165, 1.54) is 11.8 Å². The van der Waals surface area contributed by atoms with E-state index in [1.807, 2.05) is 23.7 Å². The normalized spacial score (nSPS) is 10.6. The van der Waals surface area contributed by atoms with Gasteiger partial charge in [0.2, 0.25) is 0 Å². The summed E-state index contributed by atoms with van der Waals surface area (Å²) < 4.78 is 12.6. The molecule has 0 aliphatic rings. The molecule has 0 saturated carbocycles. The highest BCUT2D eigenvalue weighted by Crippen LogP contribution is 2.24. The molecule has 6 nitrogen and oxygen atoms in total. The van der Waals surface area contributed by atoms with Crippen LogP contribution in [-0.4, -0.2) is 33.4 Å². The van der Waals surface area contributed by atoms with Crippen LogP contribution in [0.4, 0.5) is 0 Å². The Balaban J connectivity index is 1.58. The topological polar surface area (TPSA) is 66.2 Å². The lowest BCUT2D eigenvalue weighted by Gasteiger charge is -2.07. The van der Waals surface area contributed by atoms with E-state index in [0.29, 0.717) is 27.3 Å². The SMILES string of the molecule is COc1ccc(C(=O)CSc2nnc(COc3ccccc3Cl)n2C)cc1. The fourth-order valence-corrected chi connectivity index (χ4v) is 3.31. The van der Waals surface area contributed by atoms with Crippen LogP contribution < -0.4 is 9.47 Å². The predicted molar refractivity (Wildman–Crippen MR) is 105 cm³/mol. The zero-order valence-electron chi connectivity index (χ0n) is 14.9. The van der Waals surface area contributed by atoms with E-state index < -0.39 is 0 Å². The molecule has 0 fully saturated rings. The molecule has 1 heterocycles. The van der Waals surface area contributed by atoms with E-state index in [-0.39, 0.29) is 18.1 Å². The number of Topliss-reactive ketones (excluding diaryl/α,β-unsaturated/α-hetero) is 1. The van der Waals surface area contributed by atoms with Crippen LogP contribution in [0.1, 0.15) is 16.2 Å². The summed E-state index contributed by atoms with van der Waals surface area (Å²) in [5.74, 6) is 2.24. The molecule has 0 saturated heterocycles. The minimum atomic E-state index is 0.0134. The average molecular weight is 404 g/mol. The van der Waals surface area contributed by atoms with Gasteiger partial charge in [0.15, 0.2) is 16.8 Å². The molecule has 3 aromatic rings. The van der Waals surface area contributed by atoms with Crippen molar-refractivity contribution in [2.45, 2.75) is 11.8 Å². The first-order valence-electron chi connectivity index (χ1n) is 8.14. The Morgan fingerprint density at radius 2 is 1.89 bits per heavy atom. The van der Waals surface area contributed by atoms with Crippen LogP contribution in [0.5, 0.6) is 11.5 Å². The molecule has 0 amide bonds. The number of ketones is 1. The zero-order chi connectivity index (χ0) is 19.2. The lowest BCUT2D eigenvalue weighted by Crippen LogP contribution is -2.06. The molecular formula is C19H18ClN3O3S. The molecule has 27 heavy (non-hydrogen) atoms. The molecule has 140 valence electrons. The van der Waals surface area contributed by atoms with E-state index in [9.17, 15) is 4.79 Å². The number of para-hydroxylation sites is 1. The highest BCUT2D eigenvalue weighted by atomic mass is 35.5. The van der Waals surface area contributed by atoms with Gasteiger partial charge in [-0.05, 0) is 36.4 Å². The molecule has 0 atom stereocenters. The van der Waals surface area contributed by atoms with Gasteiger partial charge >= 0.3 is 0 Å². The standard InChI is InChI=1S/C19H18ClN3O3S/c1-23-18(11-26-17-6-4-3-5-15(17)20)21-22-19(23)27-12-16(24)13-7-9-14(25-2)10-8-13/h3-10H,11-12H2,1-2H3. The summed E-state index contributed by atoms with van der Waals surface area (Å²) in [4.78, 5) is 12.3. The van der Waals surface area contributed by atoms with Crippen molar-refractivity contribution < 1.29 is 14.3 Å². The summed E-state index contributed by atoms with van der Waals surface area (Å²) >= 11 is 7.41. The van der Waals surface area contributed by atoms with E-state index in [4.69, 9.17) is 21.1 Å². The molecule has 0 radical (unpaired) electrons. The van der Waals surface area contributed by atoms with Crippen LogP contribution in [0.2, 0.25) is 5.02 Å². The molecule has 0 unspecified atom stereocenters. The number of methoxy groups -OCH3 is 1. The Bertz CT molecular complexity index is 928. The number of carbonyl (C=O) groups is 1. The fourth-order valence-electron chi connectivity index (χ4n) is 2.29. The van der Waals surface area contributed by atoms with Crippen molar-refractivity contribution in [2.75, 3.05) is 12.9 Å². The molecule has 0 N–H and O–H groups in total. The predicted octanol–water partition coefficient (Wildman–Crippen LogP) is 4.03. The molecule has 0 spiro atoms. The first-order valence-corrected chi connectivity index (χ1v) is 9.50. The highest BCUT2D eigenvalue weighted by molar-refractivity contribution is 7.99. The Morgan fingerprint density at radius 3 is 2.59 bits per heavy atom. The van der Waals surface area contributed by atoms with Crippen molar-refractivity contribution in [3.05, 3.63) is 64.9 Å². The van der Waals surface area contributed by atoms with Gasteiger partial charge in [0.1, 0.15) is 18.1 Å². The molecule has 1 aromatic heterocycles. The number of carbonyl (C=O) groups excluding carboxylic acids is 1. The summed E-state index contributed by atoms with van der Waals surface area (Å²) in [6, 6.07) is 14.3. The Labute approximate surface area is 166 Å². The maximum Gasteiger partial charge on any atom is 0.191 e. The first-order chi connectivity index (χ1) is 13.1. The number of halogens is 1. The minimum Gasteiger partial charge on any atom is -0.497 e. The lowest BCUT2D eigenvalue weighted by molar-refractivity contribution is 0.102. The van der Waals surface area contributed by atoms with Gasteiger partial charge < -0.3 is 14.0 Å². The van der Waals surface area contributed by atoms with E-state index >= 15 is 0 Å². The van der Waals surface area contributed by atoms with Gasteiger partial charge in [0.05, 0.1) is 17.9 Å². The summed E-state index contributed by atoms with van der Waals surface area (Å²) in [6.45, 7) is 0.236. The third-order valence-electron chi connectivity index (χ3n) is 3.86. The summed E-state index contributed by atoms with van der Waals surface area (Å²) in [5.41, 5.74) is 0.632. The zero-order valence-corrected chi connectivity index (χ0v) is 16.5. The van der Waals surface area contributed by atoms with Crippen molar-refractivity contribution in [3.8, 4) is 11.5 Å². The van der Waals surface area contributed by atoms with Gasteiger partial charge in [-0.25, -0.2) is 0 Å². The van der Waals surface area contributed by atoms with Crippen LogP contribution >= 0.6 is 23.4 Å². The molecule has 3 rings (SSSR count). The number of nitrogens with zero attached hydrogens (tertiary/aromatic N) is 3. The lowest BCUT2D eigenvalue weighted by atomic mass is 10.1. The van der Waals surface area contributed by atoms with Gasteiger partial charge in [-0.15, -0.1) is 10.2 Å². The van der Waals surface area contributed by atoms with Crippen molar-refractivity contribution in [1.29, 1.82) is 0 Å². The van der Waals surface area contributed by atoms with Crippen LogP contribution in [-0.2, 0) is 13.7 Å². The number of ether oxygens (including phenoxy) is 2. The summed E-state index contributed by atoms with van der Waals surface area (Å²) in [6.07, 6.45) is 0. The van der Waals surface area contributed by atoms with Crippen LogP contribution in [0.25, 0.3) is 0 Å². The van der Waals surface area contributed by atoms with Crippen molar-refractivity contribution in [1.82, 2.24) is 14.8 Å². The number of hydrogen-bond donors (Lipinski definition) is 0. The van der Waals surface area contributed by atoms with Gasteiger partial charge in [0, 0.05) is 12.6 Å². The maximum absolute atomic E-state index is 12.3. The maximum atomic E-state index is 12.3. The Morgan fingerprint density at radius 1 is 1.15 bits per heavy atom. The van der Waals surface area contributed by atoms with Crippen molar-refractivity contribution in [2.24, 2.45) is 7.05 Å². The average Bonchev–Trinajstić information content (AvgIpc) is 3.05. The second-order valence-electron chi connectivity index (χ2n) is 5.62. The van der Waals surface area contributed by atoms with Gasteiger partial charge in [-0.2, -0.15) is 0 Å². The van der Waals surface area contributed by atoms with E-state index in [2.05, 4.69) is 10.2 Å². The number of thioether (sulfide) groups is 1. The van der Waals surface area contributed by atoms with Crippen LogP contribution in [0.15, 0.2) is 53.7 Å². The van der Waals surface area contributed by atoms with E-state index in [1.54, 1.807) is 43.5 Å². The minimum absolute atomic E-state index is 0.0134. The molecular weight excluding hydrogens is 386 g/mol. The van der Waals surface area contributed by atoms with Crippen molar-refractivity contribution >= 4 is 29.1 Å². The highest BCUT2D eigenvalue weighted by Gasteiger charge is 2.13. The number of aromatic nitrogens is 3. The molecule has 2 aromatic carbocycles. The number of rotatable bonds is 8. The monoisotopic (exact) mass is 403 g/mol. The fraction of sp³-hybridized carbons (Fsp3) is 0.211. The summed E-state index contributed by atoms with van der Waals surface area (Å²) in [7, 11) is 3.43. The molecule has 0 bridgehead atoms. The Kier molecular flexibility index (Phi) is 6.36. The van der Waals surface area contributed by atoms with Crippen LogP contribution in [0.3, 0.4) is 0 Å². The smallest absolute Gasteiger partial charge is 0.191 e. The van der Waals surface area contributed by atoms with E-state index in [0.717, 1.165) is 5.75 Å². The van der Waals surface area contributed by atoms with Crippen LogP contribution in [0, 0.1) is 0 Å². The molecule has 8 heteroatoms. The second-order valence-corrected chi connectivity index (χ2v) is 6.97. The largest absolute Gasteiger partial charge is 0.497 e. The Hall–Kier alpha value is -2.51. The molecule has 0 aliphatic heterocycles. The second kappa shape index (κ2) is 8.92. The number of hydrogen-bond acceptors (Lipinski definition) is 6. The number of benzene rings is 2. The first kappa shape index (κ1) is 19.3. The van der Waals surface area contributed by atoms with Crippen molar-refractivity contribution in [3.63, 3.8) is 0 Å². The van der Waals surface area contributed by atoms with Gasteiger partial charge in [-0.1, -0.05) is 35.5 Å². The molecule has 0 aliphatic carbocycles.